The van der Waals surface area contributed by atoms with E-state index in [1.54, 1.807) is 6.07 Å². The van der Waals surface area contributed by atoms with Gasteiger partial charge in [0.2, 0.25) is 0 Å². The van der Waals surface area contributed by atoms with Crippen molar-refractivity contribution >= 4 is 5.91 Å². The summed E-state index contributed by atoms with van der Waals surface area (Å²) in [6.45, 7) is -0.540. The molecule has 0 saturated carbocycles. The van der Waals surface area contributed by atoms with Crippen LogP contribution in [-0.2, 0) is 0 Å². The van der Waals surface area contributed by atoms with Crippen LogP contribution in [0.1, 0.15) is 22.0 Å². The van der Waals surface area contributed by atoms with Crippen molar-refractivity contribution in [1.29, 1.82) is 0 Å². The molecule has 0 aliphatic carbocycles. The van der Waals surface area contributed by atoms with Crippen molar-refractivity contribution in [2.24, 2.45) is 5.73 Å². The van der Waals surface area contributed by atoms with Gasteiger partial charge in [0.1, 0.15) is 0 Å². The number of carbonyl (C=O) groups excluding carboxylic acids is 1. The number of hydrogen-bond donors (Lipinski definition) is 3. The first kappa shape index (κ1) is 10.6. The Hall–Kier alpha value is -1.46. The normalized spacial score (nSPS) is 10.5. The Balaban J connectivity index is 3.11. The molecule has 0 aliphatic heterocycles. The van der Waals surface area contributed by atoms with E-state index in [9.17, 15) is 4.79 Å². The van der Waals surface area contributed by atoms with Crippen LogP contribution >= 0.6 is 0 Å². The monoisotopic (exact) mass is 196 g/mol. The third-order valence-electron chi connectivity index (χ3n) is 1.93. The van der Waals surface area contributed by atoms with E-state index in [1.165, 1.54) is 12.3 Å². The highest BCUT2D eigenvalue weighted by atomic mass is 16.3. The molecule has 0 fully saturated rings. The van der Waals surface area contributed by atoms with E-state index < -0.39 is 11.8 Å². The van der Waals surface area contributed by atoms with Gasteiger partial charge in [0.15, 0.2) is 0 Å². The fourth-order valence-corrected chi connectivity index (χ4v) is 1.18. The van der Waals surface area contributed by atoms with Crippen LogP contribution in [0.3, 0.4) is 0 Å². The highest BCUT2D eigenvalue weighted by molar-refractivity contribution is 5.94. The maximum absolute atomic E-state index is 11.0. The number of primary amides is 1. The van der Waals surface area contributed by atoms with Crippen molar-refractivity contribution in [1.82, 2.24) is 4.98 Å². The van der Waals surface area contributed by atoms with E-state index in [2.05, 4.69) is 4.98 Å². The second-order valence-corrected chi connectivity index (χ2v) is 2.86. The van der Waals surface area contributed by atoms with Gasteiger partial charge in [-0.3, -0.25) is 9.78 Å². The molecule has 0 aliphatic rings. The van der Waals surface area contributed by atoms with E-state index in [4.69, 9.17) is 15.9 Å². The number of aliphatic hydroxyl groups excluding tert-OH is 2. The minimum atomic E-state index is -0.611. The second kappa shape index (κ2) is 4.69. The van der Waals surface area contributed by atoms with E-state index >= 15 is 0 Å². The number of rotatable bonds is 4. The molecule has 0 saturated heterocycles. The van der Waals surface area contributed by atoms with Crippen LogP contribution in [0.4, 0.5) is 0 Å². The molecule has 0 unspecified atom stereocenters. The van der Waals surface area contributed by atoms with Crippen LogP contribution in [0, 0.1) is 0 Å². The molecule has 5 heteroatoms. The number of nitrogens with two attached hydrogens (primary N) is 1. The molecule has 1 aromatic heterocycles. The summed E-state index contributed by atoms with van der Waals surface area (Å²) in [7, 11) is 0. The lowest BCUT2D eigenvalue weighted by Gasteiger charge is -2.12. The van der Waals surface area contributed by atoms with Gasteiger partial charge in [0, 0.05) is 12.1 Å². The smallest absolute Gasteiger partial charge is 0.250 e. The Morgan fingerprint density at radius 1 is 1.50 bits per heavy atom. The van der Waals surface area contributed by atoms with Crippen LogP contribution in [-0.4, -0.2) is 34.3 Å². The predicted molar refractivity (Wildman–Crippen MR) is 49.7 cm³/mol. The van der Waals surface area contributed by atoms with Crippen molar-refractivity contribution in [2.75, 3.05) is 13.2 Å². The van der Waals surface area contributed by atoms with Gasteiger partial charge in [-0.25, -0.2) is 0 Å². The van der Waals surface area contributed by atoms with Gasteiger partial charge in [-0.1, -0.05) is 0 Å². The predicted octanol–water partition coefficient (Wildman–Crippen LogP) is -0.751. The molecule has 1 aromatic rings. The summed E-state index contributed by atoms with van der Waals surface area (Å²) in [6, 6.07) is 3.10. The van der Waals surface area contributed by atoms with E-state index in [1.807, 2.05) is 0 Å². The summed E-state index contributed by atoms with van der Waals surface area (Å²) < 4.78 is 0. The molecule has 1 rings (SSSR count). The molecule has 76 valence electrons. The van der Waals surface area contributed by atoms with E-state index in [0.717, 1.165) is 0 Å². The summed E-state index contributed by atoms with van der Waals surface area (Å²) in [4.78, 5) is 14.9. The lowest BCUT2D eigenvalue weighted by Crippen LogP contribution is -2.19. The Kier molecular flexibility index (Phi) is 3.55. The van der Waals surface area contributed by atoms with Crippen LogP contribution in [0.2, 0.25) is 0 Å². The molecule has 1 amide bonds. The van der Waals surface area contributed by atoms with Gasteiger partial charge >= 0.3 is 0 Å². The highest BCUT2D eigenvalue weighted by Gasteiger charge is 2.17. The molecule has 0 radical (unpaired) electrons. The highest BCUT2D eigenvalue weighted by Crippen LogP contribution is 2.16. The van der Waals surface area contributed by atoms with Crippen molar-refractivity contribution in [3.8, 4) is 0 Å². The number of carbonyl (C=O) groups is 1. The minimum absolute atomic E-state index is 0.237. The van der Waals surface area contributed by atoms with E-state index in [0.29, 0.717) is 5.69 Å². The topological polar surface area (TPSA) is 96.4 Å². The molecule has 1 heterocycles. The largest absolute Gasteiger partial charge is 0.396 e. The first-order valence-corrected chi connectivity index (χ1v) is 4.17. The summed E-state index contributed by atoms with van der Waals surface area (Å²) in [6.07, 6.45) is 1.49. The molecular formula is C9H12N2O3. The molecular weight excluding hydrogens is 184 g/mol. The van der Waals surface area contributed by atoms with Gasteiger partial charge in [0.05, 0.1) is 24.5 Å². The van der Waals surface area contributed by atoms with Crippen LogP contribution in [0.25, 0.3) is 0 Å². The first-order chi connectivity index (χ1) is 6.70. The van der Waals surface area contributed by atoms with E-state index in [-0.39, 0.29) is 18.8 Å². The number of aliphatic hydroxyl groups is 2. The van der Waals surface area contributed by atoms with Crippen LogP contribution in [0.15, 0.2) is 18.3 Å². The third kappa shape index (κ3) is 2.07. The maximum atomic E-state index is 11.0. The van der Waals surface area contributed by atoms with Crippen molar-refractivity contribution in [2.45, 2.75) is 5.92 Å². The molecule has 5 nitrogen and oxygen atoms in total. The Morgan fingerprint density at radius 2 is 2.14 bits per heavy atom. The second-order valence-electron chi connectivity index (χ2n) is 2.86. The molecule has 14 heavy (non-hydrogen) atoms. The number of aromatic nitrogens is 1. The van der Waals surface area contributed by atoms with Gasteiger partial charge in [0.25, 0.3) is 5.91 Å². The molecule has 0 spiro atoms. The SMILES string of the molecule is NC(=O)c1cccnc1C(CO)CO. The standard InChI is InChI=1S/C9H12N2O3/c10-9(14)7-2-1-3-11-8(7)6(4-12)5-13/h1-3,6,12-13H,4-5H2,(H2,10,14). The minimum Gasteiger partial charge on any atom is -0.396 e. The van der Waals surface area contributed by atoms with Gasteiger partial charge in [-0.15, -0.1) is 0 Å². The molecule has 0 aromatic carbocycles. The lowest BCUT2D eigenvalue weighted by atomic mass is 10.0. The van der Waals surface area contributed by atoms with Crippen molar-refractivity contribution < 1.29 is 15.0 Å². The lowest BCUT2D eigenvalue weighted by molar-refractivity contribution is 0.0997. The van der Waals surface area contributed by atoms with Gasteiger partial charge in [-0.2, -0.15) is 0 Å². The number of nitrogens with zero attached hydrogens (tertiary/aromatic N) is 1. The summed E-state index contributed by atoms with van der Waals surface area (Å²) in [5.41, 5.74) is 5.69. The zero-order valence-corrected chi connectivity index (χ0v) is 7.55. The number of pyridine rings is 1. The first-order valence-electron chi connectivity index (χ1n) is 4.17. The summed E-state index contributed by atoms with van der Waals surface area (Å²) in [5.74, 6) is -1.17. The number of hydrogen-bond acceptors (Lipinski definition) is 4. The quantitative estimate of drug-likeness (QED) is 0.590. The van der Waals surface area contributed by atoms with Crippen molar-refractivity contribution in [3.63, 3.8) is 0 Å². The Labute approximate surface area is 81.2 Å². The molecule has 0 atom stereocenters. The van der Waals surface area contributed by atoms with Gasteiger partial charge < -0.3 is 15.9 Å². The van der Waals surface area contributed by atoms with Gasteiger partial charge in [-0.05, 0) is 12.1 Å². The van der Waals surface area contributed by atoms with Crippen molar-refractivity contribution in [3.05, 3.63) is 29.6 Å². The Bertz CT molecular complexity index is 324. The fraction of sp³-hybridized carbons (Fsp3) is 0.333. The fourth-order valence-electron chi connectivity index (χ4n) is 1.18. The zero-order valence-electron chi connectivity index (χ0n) is 7.55. The number of amides is 1. The molecule has 0 bridgehead atoms. The average molecular weight is 196 g/mol. The third-order valence-corrected chi connectivity index (χ3v) is 1.93. The summed E-state index contributed by atoms with van der Waals surface area (Å²) in [5, 5.41) is 17.9. The maximum Gasteiger partial charge on any atom is 0.250 e. The molecule has 4 N–H and O–H groups in total. The van der Waals surface area contributed by atoms with Crippen LogP contribution < -0.4 is 5.73 Å². The zero-order chi connectivity index (χ0) is 10.6. The Morgan fingerprint density at radius 3 is 2.64 bits per heavy atom. The van der Waals surface area contributed by atoms with Crippen LogP contribution in [0.5, 0.6) is 0 Å². The average Bonchev–Trinajstić information content (AvgIpc) is 2.20. The summed E-state index contributed by atoms with van der Waals surface area (Å²) >= 11 is 0.